The summed E-state index contributed by atoms with van der Waals surface area (Å²) in [5, 5.41) is 2.33. The van der Waals surface area contributed by atoms with Crippen LogP contribution in [0.1, 0.15) is 13.3 Å². The molecule has 1 aliphatic rings. The Labute approximate surface area is 120 Å². The van der Waals surface area contributed by atoms with Crippen molar-refractivity contribution in [3.63, 3.8) is 0 Å². The van der Waals surface area contributed by atoms with Crippen molar-refractivity contribution < 1.29 is 14.3 Å². The van der Waals surface area contributed by atoms with Gasteiger partial charge in [-0.25, -0.2) is 0 Å². The van der Waals surface area contributed by atoms with E-state index in [1.807, 2.05) is 13.0 Å². The third kappa shape index (κ3) is 3.74. The molecule has 0 saturated heterocycles. The zero-order chi connectivity index (χ0) is 14.5. The summed E-state index contributed by atoms with van der Waals surface area (Å²) in [7, 11) is 0. The number of nitrogens with zero attached hydrogens (tertiary/aromatic N) is 1. The number of rotatable bonds is 4. The van der Waals surface area contributed by atoms with E-state index >= 15 is 0 Å². The van der Waals surface area contributed by atoms with Crippen molar-refractivity contribution in [2.75, 3.05) is 11.9 Å². The Hall–Kier alpha value is -2.02. The van der Waals surface area contributed by atoms with E-state index in [4.69, 9.17) is 10.5 Å². The fraction of sp³-hybridized carbons (Fsp3) is 0.308. The number of hydrogen-bond acceptors (Lipinski definition) is 5. The van der Waals surface area contributed by atoms with Crippen LogP contribution in [0.3, 0.4) is 0 Å². The molecule has 1 aromatic carbocycles. The molecule has 1 aromatic rings. The van der Waals surface area contributed by atoms with Crippen molar-refractivity contribution in [3.05, 3.63) is 24.3 Å². The molecule has 0 spiro atoms. The predicted molar refractivity (Wildman–Crippen MR) is 78.9 cm³/mol. The zero-order valence-electron chi connectivity index (χ0n) is 11.0. The van der Waals surface area contributed by atoms with Crippen LogP contribution in [0.4, 0.5) is 5.69 Å². The van der Waals surface area contributed by atoms with Gasteiger partial charge in [0.25, 0.3) is 0 Å². The van der Waals surface area contributed by atoms with E-state index in [1.165, 1.54) is 0 Å². The normalized spacial score (nSPS) is 18.4. The topological polar surface area (TPSA) is 93.8 Å². The third-order valence-electron chi connectivity index (χ3n) is 2.56. The lowest BCUT2D eigenvalue weighted by Gasteiger charge is -2.18. The van der Waals surface area contributed by atoms with E-state index in [-0.39, 0.29) is 23.4 Å². The Bertz CT molecular complexity index is 560. The van der Waals surface area contributed by atoms with Gasteiger partial charge in [0.2, 0.25) is 11.8 Å². The molecule has 2 rings (SSSR count). The number of amidine groups is 1. The van der Waals surface area contributed by atoms with E-state index in [0.717, 1.165) is 11.8 Å². The lowest BCUT2D eigenvalue weighted by atomic mass is 10.2. The molecule has 1 heterocycles. The molecule has 0 aromatic heterocycles. The van der Waals surface area contributed by atoms with Gasteiger partial charge >= 0.3 is 0 Å². The number of carbonyl (C=O) groups excluding carboxylic acids is 2. The van der Waals surface area contributed by atoms with Crippen molar-refractivity contribution in [1.82, 2.24) is 0 Å². The lowest BCUT2D eigenvalue weighted by molar-refractivity contribution is -0.121. The molecular formula is C13H15N3O3S. The van der Waals surface area contributed by atoms with Gasteiger partial charge in [-0.1, -0.05) is 17.8 Å². The van der Waals surface area contributed by atoms with Crippen LogP contribution in [0, 0.1) is 0 Å². The van der Waals surface area contributed by atoms with Crippen molar-refractivity contribution in [1.29, 1.82) is 0 Å². The van der Waals surface area contributed by atoms with Gasteiger partial charge in [0, 0.05) is 11.8 Å². The van der Waals surface area contributed by atoms with Crippen LogP contribution in [0.25, 0.3) is 0 Å². The maximum Gasteiger partial charge on any atom is 0.249 e. The highest BCUT2D eigenvalue weighted by molar-refractivity contribution is 8.15. The van der Waals surface area contributed by atoms with E-state index in [1.54, 1.807) is 18.2 Å². The van der Waals surface area contributed by atoms with Crippen LogP contribution in [-0.4, -0.2) is 28.8 Å². The molecule has 1 aliphatic heterocycles. The first kappa shape index (κ1) is 14.4. The maximum absolute atomic E-state index is 12.1. The summed E-state index contributed by atoms with van der Waals surface area (Å²) in [6.45, 7) is 2.44. The minimum Gasteiger partial charge on any atom is -0.494 e. The van der Waals surface area contributed by atoms with E-state index < -0.39 is 5.25 Å². The largest absolute Gasteiger partial charge is 0.494 e. The smallest absolute Gasteiger partial charge is 0.249 e. The van der Waals surface area contributed by atoms with Gasteiger partial charge in [0.05, 0.1) is 13.0 Å². The molecule has 0 fully saturated rings. The van der Waals surface area contributed by atoms with Gasteiger partial charge in [0.15, 0.2) is 5.17 Å². The number of thioether (sulfide) groups is 1. The second-order valence-electron chi connectivity index (χ2n) is 4.10. The number of nitrogens with one attached hydrogen (secondary N) is 1. The highest BCUT2D eigenvalue weighted by Gasteiger charge is 2.27. The van der Waals surface area contributed by atoms with Gasteiger partial charge in [-0.05, 0) is 19.1 Å². The minimum atomic E-state index is -0.546. The second kappa shape index (κ2) is 6.42. The molecule has 0 radical (unpaired) electrons. The zero-order valence-corrected chi connectivity index (χ0v) is 11.8. The van der Waals surface area contributed by atoms with E-state index in [2.05, 4.69) is 10.3 Å². The molecule has 0 aliphatic carbocycles. The molecule has 7 heteroatoms. The molecule has 2 amide bonds. The summed E-state index contributed by atoms with van der Waals surface area (Å²) in [5.74, 6) is 0.0399. The Morgan fingerprint density at radius 1 is 1.60 bits per heavy atom. The number of nitrogens with two attached hydrogens (primary N) is 1. The monoisotopic (exact) mass is 293 g/mol. The minimum absolute atomic E-state index is 0.0579. The van der Waals surface area contributed by atoms with Gasteiger partial charge in [0.1, 0.15) is 11.0 Å². The fourth-order valence-corrected chi connectivity index (χ4v) is 2.58. The van der Waals surface area contributed by atoms with Crippen LogP contribution in [0.15, 0.2) is 29.3 Å². The molecule has 106 valence electrons. The summed E-state index contributed by atoms with van der Waals surface area (Å²) in [6, 6.07) is 7.08. The van der Waals surface area contributed by atoms with Crippen molar-refractivity contribution in [2.24, 2.45) is 10.7 Å². The Morgan fingerprint density at radius 3 is 3.10 bits per heavy atom. The lowest BCUT2D eigenvalue weighted by Crippen LogP contribution is -2.33. The standard InChI is InChI=1S/C13H15N3O3S/c1-2-19-9-5-3-4-8(6-9)15-12(18)10-7-11(17)16-13(14)20-10/h3-6,10H,2,7H2,1H3,(H,15,18)(H2,14,16,17)/t10-/m0/s1. The van der Waals surface area contributed by atoms with Gasteiger partial charge < -0.3 is 15.8 Å². The number of anilines is 1. The molecule has 1 atom stereocenters. The van der Waals surface area contributed by atoms with Crippen LogP contribution in [0.2, 0.25) is 0 Å². The molecule has 0 unspecified atom stereocenters. The van der Waals surface area contributed by atoms with Gasteiger partial charge in [-0.2, -0.15) is 4.99 Å². The first-order valence-corrected chi connectivity index (χ1v) is 7.04. The molecule has 3 N–H and O–H groups in total. The maximum atomic E-state index is 12.1. The summed E-state index contributed by atoms with van der Waals surface area (Å²) in [5.41, 5.74) is 6.12. The summed E-state index contributed by atoms with van der Waals surface area (Å²) < 4.78 is 5.36. The van der Waals surface area contributed by atoms with Crippen molar-refractivity contribution in [3.8, 4) is 5.75 Å². The molecule has 0 saturated carbocycles. The molecular weight excluding hydrogens is 278 g/mol. The third-order valence-corrected chi connectivity index (χ3v) is 3.56. The number of benzene rings is 1. The average Bonchev–Trinajstić information content (AvgIpc) is 2.38. The second-order valence-corrected chi connectivity index (χ2v) is 5.33. The molecule has 6 nitrogen and oxygen atoms in total. The van der Waals surface area contributed by atoms with E-state index in [9.17, 15) is 9.59 Å². The predicted octanol–water partition coefficient (Wildman–Crippen LogP) is 1.37. The number of amides is 2. The number of hydrogen-bond donors (Lipinski definition) is 2. The highest BCUT2D eigenvalue weighted by atomic mass is 32.2. The van der Waals surface area contributed by atoms with Crippen molar-refractivity contribution in [2.45, 2.75) is 18.6 Å². The highest BCUT2D eigenvalue weighted by Crippen LogP contribution is 2.23. The van der Waals surface area contributed by atoms with E-state index in [0.29, 0.717) is 18.0 Å². The molecule has 0 bridgehead atoms. The average molecular weight is 293 g/mol. The summed E-state index contributed by atoms with van der Waals surface area (Å²) in [4.78, 5) is 27.0. The fourth-order valence-electron chi connectivity index (χ4n) is 1.74. The van der Waals surface area contributed by atoms with Crippen LogP contribution < -0.4 is 15.8 Å². The van der Waals surface area contributed by atoms with Crippen LogP contribution in [0.5, 0.6) is 5.75 Å². The first-order chi connectivity index (χ1) is 9.58. The quantitative estimate of drug-likeness (QED) is 0.874. The Kier molecular flexibility index (Phi) is 4.62. The Balaban J connectivity index is 2.03. The first-order valence-electron chi connectivity index (χ1n) is 6.16. The molecule has 20 heavy (non-hydrogen) atoms. The van der Waals surface area contributed by atoms with Crippen LogP contribution >= 0.6 is 11.8 Å². The van der Waals surface area contributed by atoms with Gasteiger partial charge in [-0.15, -0.1) is 0 Å². The summed E-state index contributed by atoms with van der Waals surface area (Å²) >= 11 is 1.10. The van der Waals surface area contributed by atoms with Crippen LogP contribution in [-0.2, 0) is 9.59 Å². The number of aliphatic imine (C=N–C) groups is 1. The Morgan fingerprint density at radius 2 is 2.40 bits per heavy atom. The SMILES string of the molecule is CCOc1cccc(NC(=O)[C@@H]2CC(=O)N=C(N)S2)c1. The van der Waals surface area contributed by atoms with Crippen molar-refractivity contribution >= 4 is 34.4 Å². The van der Waals surface area contributed by atoms with Gasteiger partial charge in [-0.3, -0.25) is 9.59 Å². The number of ether oxygens (including phenoxy) is 1. The number of carbonyl (C=O) groups is 2. The summed E-state index contributed by atoms with van der Waals surface area (Å²) in [6.07, 6.45) is 0.0579.